The van der Waals surface area contributed by atoms with E-state index in [0.717, 1.165) is 17.7 Å². The molecule has 0 aromatic heterocycles. The number of nitrogens with one attached hydrogen (secondary N) is 2. The molecule has 1 fully saturated rings. The number of rotatable bonds is 11. The zero-order chi connectivity index (χ0) is 26.0. The van der Waals surface area contributed by atoms with E-state index in [0.29, 0.717) is 36.8 Å². The highest BCUT2D eigenvalue weighted by molar-refractivity contribution is 6.00. The zero-order valence-corrected chi connectivity index (χ0v) is 20.8. The standard InChI is InChI=1S/C29H31N3O5/c1-2-36-25-12-8-23(9-13-25)31-27(33)20-37-26-14-10-24(11-15-26)32-19-22(18-28(32)34)29(35)30-17-16-21-6-4-3-5-7-21/h3-15,22H,2,16-20H2,1H3,(H,30,35)(H,31,33)/t22-/m1/s1. The van der Waals surface area contributed by atoms with E-state index in [1.165, 1.54) is 0 Å². The number of nitrogens with zero attached hydrogens (tertiary/aromatic N) is 1. The summed E-state index contributed by atoms with van der Waals surface area (Å²) in [5.41, 5.74) is 2.50. The average molecular weight is 502 g/mol. The summed E-state index contributed by atoms with van der Waals surface area (Å²) in [7, 11) is 0. The molecule has 8 heteroatoms. The van der Waals surface area contributed by atoms with Crippen molar-refractivity contribution in [1.82, 2.24) is 5.32 Å². The van der Waals surface area contributed by atoms with Gasteiger partial charge in [0.05, 0.1) is 12.5 Å². The molecule has 0 saturated carbocycles. The van der Waals surface area contributed by atoms with Crippen LogP contribution in [0.1, 0.15) is 18.9 Å². The van der Waals surface area contributed by atoms with Gasteiger partial charge in [-0.3, -0.25) is 14.4 Å². The van der Waals surface area contributed by atoms with Gasteiger partial charge in [-0.1, -0.05) is 30.3 Å². The van der Waals surface area contributed by atoms with Crippen LogP contribution >= 0.6 is 0 Å². The Bertz CT molecular complexity index is 1200. The van der Waals surface area contributed by atoms with Crippen molar-refractivity contribution >= 4 is 29.1 Å². The number of ether oxygens (including phenoxy) is 2. The smallest absolute Gasteiger partial charge is 0.262 e. The molecule has 192 valence electrons. The van der Waals surface area contributed by atoms with Gasteiger partial charge in [0.2, 0.25) is 11.8 Å². The molecular formula is C29H31N3O5. The molecule has 1 atom stereocenters. The molecule has 1 aliphatic rings. The van der Waals surface area contributed by atoms with Crippen molar-refractivity contribution in [2.45, 2.75) is 19.8 Å². The predicted molar refractivity (Wildman–Crippen MR) is 142 cm³/mol. The normalized spacial score (nSPS) is 14.8. The van der Waals surface area contributed by atoms with Crippen LogP contribution in [0.4, 0.5) is 11.4 Å². The molecule has 0 radical (unpaired) electrons. The summed E-state index contributed by atoms with van der Waals surface area (Å²) < 4.78 is 11.0. The molecule has 4 rings (SSSR count). The van der Waals surface area contributed by atoms with Crippen molar-refractivity contribution < 1.29 is 23.9 Å². The SMILES string of the molecule is CCOc1ccc(NC(=O)COc2ccc(N3C[C@H](C(=O)NCCc4ccccc4)CC3=O)cc2)cc1. The van der Waals surface area contributed by atoms with Gasteiger partial charge in [-0.15, -0.1) is 0 Å². The van der Waals surface area contributed by atoms with Gasteiger partial charge in [-0.25, -0.2) is 0 Å². The molecule has 3 aromatic rings. The van der Waals surface area contributed by atoms with Crippen LogP contribution in [0.25, 0.3) is 0 Å². The van der Waals surface area contributed by atoms with Crippen LogP contribution in [0.2, 0.25) is 0 Å². The number of anilines is 2. The third kappa shape index (κ3) is 7.33. The van der Waals surface area contributed by atoms with Gasteiger partial charge in [0.1, 0.15) is 11.5 Å². The van der Waals surface area contributed by atoms with Crippen LogP contribution < -0.4 is 25.0 Å². The second kappa shape index (κ2) is 12.6. The Hall–Kier alpha value is -4.33. The molecule has 1 heterocycles. The molecule has 37 heavy (non-hydrogen) atoms. The lowest BCUT2D eigenvalue weighted by molar-refractivity contribution is -0.126. The number of hydrogen-bond acceptors (Lipinski definition) is 5. The first-order valence-corrected chi connectivity index (χ1v) is 12.4. The van der Waals surface area contributed by atoms with Gasteiger partial charge in [0.15, 0.2) is 6.61 Å². The van der Waals surface area contributed by atoms with Crippen LogP contribution in [-0.2, 0) is 20.8 Å². The van der Waals surface area contributed by atoms with E-state index in [9.17, 15) is 14.4 Å². The highest BCUT2D eigenvalue weighted by Crippen LogP contribution is 2.27. The lowest BCUT2D eigenvalue weighted by Crippen LogP contribution is -2.34. The Morgan fingerprint density at radius 2 is 1.59 bits per heavy atom. The van der Waals surface area contributed by atoms with Gasteiger partial charge in [0, 0.05) is 30.9 Å². The highest BCUT2D eigenvalue weighted by atomic mass is 16.5. The lowest BCUT2D eigenvalue weighted by Gasteiger charge is -2.17. The molecular weight excluding hydrogens is 470 g/mol. The average Bonchev–Trinajstić information content (AvgIpc) is 3.31. The van der Waals surface area contributed by atoms with E-state index < -0.39 is 0 Å². The van der Waals surface area contributed by atoms with Gasteiger partial charge in [0.25, 0.3) is 5.91 Å². The van der Waals surface area contributed by atoms with Gasteiger partial charge < -0.3 is 25.0 Å². The Kier molecular flexibility index (Phi) is 8.75. The minimum Gasteiger partial charge on any atom is -0.494 e. The molecule has 2 N–H and O–H groups in total. The van der Waals surface area contributed by atoms with Crippen molar-refractivity contribution in [2.75, 3.05) is 36.5 Å². The van der Waals surface area contributed by atoms with Crippen molar-refractivity contribution in [2.24, 2.45) is 5.92 Å². The molecule has 1 aliphatic heterocycles. The van der Waals surface area contributed by atoms with Crippen LogP contribution in [-0.4, -0.2) is 44.0 Å². The maximum Gasteiger partial charge on any atom is 0.262 e. The fourth-order valence-electron chi connectivity index (χ4n) is 4.12. The second-order valence-electron chi connectivity index (χ2n) is 8.72. The summed E-state index contributed by atoms with van der Waals surface area (Å²) in [6.07, 6.45) is 0.928. The third-order valence-corrected chi connectivity index (χ3v) is 6.02. The topological polar surface area (TPSA) is 97.0 Å². The van der Waals surface area contributed by atoms with Crippen LogP contribution in [0, 0.1) is 5.92 Å². The quantitative estimate of drug-likeness (QED) is 0.417. The van der Waals surface area contributed by atoms with Crippen LogP contribution in [0.5, 0.6) is 11.5 Å². The minimum absolute atomic E-state index is 0.0911. The van der Waals surface area contributed by atoms with Crippen molar-refractivity contribution in [1.29, 1.82) is 0 Å². The maximum absolute atomic E-state index is 12.6. The number of benzene rings is 3. The molecule has 0 aliphatic carbocycles. The first kappa shape index (κ1) is 25.8. The van der Waals surface area contributed by atoms with Crippen molar-refractivity contribution in [3.63, 3.8) is 0 Å². The van der Waals surface area contributed by atoms with Crippen LogP contribution in [0.3, 0.4) is 0 Å². The Balaban J connectivity index is 1.22. The molecule has 3 amide bonds. The molecule has 0 bridgehead atoms. The Morgan fingerprint density at radius 1 is 0.919 bits per heavy atom. The zero-order valence-electron chi connectivity index (χ0n) is 20.8. The summed E-state index contributed by atoms with van der Waals surface area (Å²) in [4.78, 5) is 39.0. The number of carbonyl (C=O) groups is 3. The number of carbonyl (C=O) groups excluding carboxylic acids is 3. The van der Waals surface area contributed by atoms with Crippen molar-refractivity contribution in [3.05, 3.63) is 84.4 Å². The fourth-order valence-corrected chi connectivity index (χ4v) is 4.12. The molecule has 0 unspecified atom stereocenters. The summed E-state index contributed by atoms with van der Waals surface area (Å²) >= 11 is 0. The molecule has 3 aromatic carbocycles. The second-order valence-corrected chi connectivity index (χ2v) is 8.72. The first-order valence-electron chi connectivity index (χ1n) is 12.4. The van der Waals surface area contributed by atoms with Gasteiger partial charge >= 0.3 is 0 Å². The lowest BCUT2D eigenvalue weighted by atomic mass is 10.1. The number of amides is 3. The van der Waals surface area contributed by atoms with E-state index in [-0.39, 0.29) is 36.7 Å². The first-order chi connectivity index (χ1) is 18.0. The monoisotopic (exact) mass is 501 g/mol. The summed E-state index contributed by atoms with van der Waals surface area (Å²) in [6.45, 7) is 3.20. The van der Waals surface area contributed by atoms with E-state index in [1.807, 2.05) is 37.3 Å². The maximum atomic E-state index is 12.6. The molecule has 8 nitrogen and oxygen atoms in total. The van der Waals surface area contributed by atoms with E-state index in [2.05, 4.69) is 10.6 Å². The summed E-state index contributed by atoms with van der Waals surface area (Å²) in [5.74, 6) is 0.377. The minimum atomic E-state index is -0.384. The van der Waals surface area contributed by atoms with E-state index >= 15 is 0 Å². The summed E-state index contributed by atoms with van der Waals surface area (Å²) in [5, 5.41) is 5.72. The molecule has 0 spiro atoms. The predicted octanol–water partition coefficient (Wildman–Crippen LogP) is 3.81. The van der Waals surface area contributed by atoms with Crippen LogP contribution in [0.15, 0.2) is 78.9 Å². The van der Waals surface area contributed by atoms with E-state index in [4.69, 9.17) is 9.47 Å². The van der Waals surface area contributed by atoms with Gasteiger partial charge in [-0.2, -0.15) is 0 Å². The summed E-state index contributed by atoms with van der Waals surface area (Å²) in [6, 6.07) is 24.0. The Morgan fingerprint density at radius 3 is 2.30 bits per heavy atom. The molecule has 1 saturated heterocycles. The number of hydrogen-bond donors (Lipinski definition) is 2. The van der Waals surface area contributed by atoms with Crippen molar-refractivity contribution in [3.8, 4) is 11.5 Å². The van der Waals surface area contributed by atoms with Gasteiger partial charge in [-0.05, 0) is 67.4 Å². The third-order valence-electron chi connectivity index (χ3n) is 6.02. The fraction of sp³-hybridized carbons (Fsp3) is 0.276. The Labute approximate surface area is 216 Å². The van der Waals surface area contributed by atoms with E-state index in [1.54, 1.807) is 53.4 Å². The largest absolute Gasteiger partial charge is 0.494 e. The highest BCUT2D eigenvalue weighted by Gasteiger charge is 2.34.